The number of allylic oxidation sites excluding steroid dienone is 1. The molecule has 2 heteroatoms. The van der Waals surface area contributed by atoms with Crippen LogP contribution in [0.4, 0.5) is 0 Å². The Morgan fingerprint density at radius 1 is 1.50 bits per heavy atom. The maximum Gasteiger partial charge on any atom is 0.0237 e. The van der Waals surface area contributed by atoms with Crippen LogP contribution in [0.3, 0.4) is 0 Å². The highest BCUT2D eigenvalue weighted by molar-refractivity contribution is 14.1. The molecule has 16 heavy (non-hydrogen) atoms. The summed E-state index contributed by atoms with van der Waals surface area (Å²) < 4.78 is 1.71. The predicted octanol–water partition coefficient (Wildman–Crippen LogP) is 5.24. The van der Waals surface area contributed by atoms with Crippen molar-refractivity contribution >= 4 is 45.2 Å². The molecule has 0 aromatic rings. The van der Waals surface area contributed by atoms with E-state index in [9.17, 15) is 0 Å². The zero-order chi connectivity index (χ0) is 12.1. The predicted molar refractivity (Wildman–Crippen MR) is 88.5 cm³/mol. The number of halogens is 2. The van der Waals surface area contributed by atoms with Crippen LogP contribution in [-0.4, -0.2) is 7.85 Å². The van der Waals surface area contributed by atoms with E-state index in [2.05, 4.69) is 78.6 Å². The fraction of sp³-hybridized carbons (Fsp3) is 0.857. The number of alkyl halides is 2. The molecule has 0 radical (unpaired) electrons. The van der Waals surface area contributed by atoms with Crippen LogP contribution < -0.4 is 0 Å². The summed E-state index contributed by atoms with van der Waals surface area (Å²) in [6.45, 7) is 11.2. The summed E-state index contributed by atoms with van der Waals surface area (Å²) in [6.07, 6.45) is 6.15. The van der Waals surface area contributed by atoms with Crippen molar-refractivity contribution in [3.63, 3.8) is 0 Å². The van der Waals surface area contributed by atoms with Crippen molar-refractivity contribution < 1.29 is 0 Å². The van der Waals surface area contributed by atoms with Gasteiger partial charge in [-0.1, -0.05) is 72.0 Å². The molecular weight excluding hydrogens is 422 g/mol. The third-order valence-corrected chi connectivity index (χ3v) is 8.89. The standard InChI is InChI=1S/C14H22I2/c1-5-6-7-11-8-14(11)12(16)13(14,4)9(2)10(3)15/h5,9-12H,1,6-8H2,2-4H3/t9?,10?,11-,12+,13-,14-/m1/s1. The van der Waals surface area contributed by atoms with Gasteiger partial charge in [-0.2, -0.15) is 0 Å². The van der Waals surface area contributed by atoms with Crippen LogP contribution in [0.25, 0.3) is 0 Å². The summed E-state index contributed by atoms with van der Waals surface area (Å²) in [5.41, 5.74) is 1.33. The Morgan fingerprint density at radius 2 is 2.12 bits per heavy atom. The second-order valence-corrected chi connectivity index (χ2v) is 9.13. The van der Waals surface area contributed by atoms with Crippen molar-refractivity contribution in [3.05, 3.63) is 12.7 Å². The van der Waals surface area contributed by atoms with Crippen LogP contribution in [-0.2, 0) is 0 Å². The molecule has 0 nitrogen and oxygen atoms in total. The maximum atomic E-state index is 3.84. The Morgan fingerprint density at radius 3 is 2.62 bits per heavy atom. The minimum absolute atomic E-state index is 0.611. The summed E-state index contributed by atoms with van der Waals surface area (Å²) in [5, 5.41) is 0. The highest BCUT2D eigenvalue weighted by Gasteiger charge is 2.84. The van der Waals surface area contributed by atoms with Gasteiger partial charge in [0.15, 0.2) is 0 Å². The van der Waals surface area contributed by atoms with E-state index < -0.39 is 0 Å². The Hall–Kier alpha value is 1.20. The SMILES string of the molecule is C=CCC[C@@H]1C[C@]12[C@@H](I)[C@@]2(C)C(C)C(C)I. The third kappa shape index (κ3) is 1.64. The molecular formula is C14H22I2. The summed E-state index contributed by atoms with van der Waals surface area (Å²) in [7, 11) is 0. The Balaban J connectivity index is 2.03. The van der Waals surface area contributed by atoms with E-state index in [4.69, 9.17) is 0 Å². The minimum Gasteiger partial charge on any atom is -0.103 e. The number of hydrogen-bond donors (Lipinski definition) is 0. The molecule has 0 aliphatic heterocycles. The molecule has 2 unspecified atom stereocenters. The monoisotopic (exact) mass is 444 g/mol. The molecule has 2 rings (SSSR count). The zero-order valence-electron chi connectivity index (χ0n) is 10.5. The number of rotatable bonds is 5. The summed E-state index contributed by atoms with van der Waals surface area (Å²) in [4.78, 5) is 0. The molecule has 0 heterocycles. The molecule has 1 spiro atoms. The van der Waals surface area contributed by atoms with E-state index in [0.29, 0.717) is 5.41 Å². The second-order valence-electron chi connectivity index (χ2n) is 5.92. The van der Waals surface area contributed by atoms with Crippen molar-refractivity contribution in [3.8, 4) is 0 Å². The topological polar surface area (TPSA) is 0 Å². The Labute approximate surface area is 127 Å². The van der Waals surface area contributed by atoms with Crippen molar-refractivity contribution in [2.24, 2.45) is 22.7 Å². The molecule has 92 valence electrons. The van der Waals surface area contributed by atoms with Gasteiger partial charge >= 0.3 is 0 Å². The van der Waals surface area contributed by atoms with E-state index in [1.165, 1.54) is 19.3 Å². The summed E-state index contributed by atoms with van der Waals surface area (Å²) in [6, 6.07) is 0. The molecule has 0 amide bonds. The van der Waals surface area contributed by atoms with Crippen LogP contribution in [0.2, 0.25) is 0 Å². The first kappa shape index (κ1) is 13.6. The molecule has 2 aliphatic rings. The fourth-order valence-corrected chi connectivity index (χ4v) is 6.96. The lowest BCUT2D eigenvalue weighted by atomic mass is 9.86. The van der Waals surface area contributed by atoms with Gasteiger partial charge in [0.25, 0.3) is 0 Å². The van der Waals surface area contributed by atoms with E-state index in [-0.39, 0.29) is 0 Å². The van der Waals surface area contributed by atoms with Gasteiger partial charge in [-0.3, -0.25) is 0 Å². The van der Waals surface area contributed by atoms with Crippen LogP contribution in [0.15, 0.2) is 12.7 Å². The minimum atomic E-state index is 0.611. The van der Waals surface area contributed by atoms with Gasteiger partial charge < -0.3 is 0 Å². The lowest BCUT2D eigenvalue weighted by Crippen LogP contribution is -2.21. The molecule has 0 aromatic heterocycles. The zero-order valence-corrected chi connectivity index (χ0v) is 14.8. The lowest BCUT2D eigenvalue weighted by molar-refractivity contribution is 0.318. The van der Waals surface area contributed by atoms with Crippen molar-refractivity contribution in [1.82, 2.24) is 0 Å². The maximum absolute atomic E-state index is 3.84. The molecule has 0 aromatic carbocycles. The van der Waals surface area contributed by atoms with Gasteiger partial charge in [-0.15, -0.1) is 6.58 Å². The van der Waals surface area contributed by atoms with Gasteiger partial charge in [0.2, 0.25) is 0 Å². The molecule has 0 saturated heterocycles. The van der Waals surface area contributed by atoms with E-state index in [1.807, 2.05) is 0 Å². The molecule has 2 fully saturated rings. The Bertz CT molecular complexity index is 299. The quantitative estimate of drug-likeness (QED) is 0.309. The van der Waals surface area contributed by atoms with Crippen LogP contribution in [0.5, 0.6) is 0 Å². The Kier molecular flexibility index (Phi) is 3.74. The first-order valence-corrected chi connectivity index (χ1v) is 8.81. The highest BCUT2D eigenvalue weighted by Crippen LogP contribution is 2.87. The largest absolute Gasteiger partial charge is 0.103 e. The van der Waals surface area contributed by atoms with Gasteiger partial charge in [0.1, 0.15) is 0 Å². The lowest BCUT2D eigenvalue weighted by Gasteiger charge is -2.23. The third-order valence-electron chi connectivity index (χ3n) is 5.41. The highest BCUT2D eigenvalue weighted by atomic mass is 127. The van der Waals surface area contributed by atoms with Crippen LogP contribution in [0.1, 0.15) is 40.0 Å². The summed E-state index contributed by atoms with van der Waals surface area (Å²) >= 11 is 5.33. The van der Waals surface area contributed by atoms with Gasteiger partial charge in [0.05, 0.1) is 0 Å². The molecule has 0 N–H and O–H groups in total. The van der Waals surface area contributed by atoms with E-state index in [0.717, 1.165) is 25.1 Å². The molecule has 2 aliphatic carbocycles. The smallest absolute Gasteiger partial charge is 0.0237 e. The van der Waals surface area contributed by atoms with Gasteiger partial charge in [-0.25, -0.2) is 0 Å². The molecule has 6 atom stereocenters. The molecule has 0 bridgehead atoms. The first-order chi connectivity index (χ1) is 7.42. The second kappa shape index (κ2) is 4.39. The van der Waals surface area contributed by atoms with E-state index in [1.54, 1.807) is 0 Å². The average molecular weight is 444 g/mol. The molecule has 2 saturated carbocycles. The van der Waals surface area contributed by atoms with Gasteiger partial charge in [-0.05, 0) is 41.9 Å². The van der Waals surface area contributed by atoms with Crippen molar-refractivity contribution in [2.75, 3.05) is 0 Å². The number of hydrogen-bond acceptors (Lipinski definition) is 0. The van der Waals surface area contributed by atoms with Crippen LogP contribution >= 0.6 is 45.2 Å². The normalized spacial score (nSPS) is 48.8. The van der Waals surface area contributed by atoms with Gasteiger partial charge in [0, 0.05) is 7.85 Å². The van der Waals surface area contributed by atoms with Crippen molar-refractivity contribution in [2.45, 2.75) is 47.9 Å². The summed E-state index contributed by atoms with van der Waals surface area (Å²) in [5.74, 6) is 1.85. The fourth-order valence-electron chi connectivity index (χ4n) is 3.82. The first-order valence-electron chi connectivity index (χ1n) is 6.32. The van der Waals surface area contributed by atoms with Crippen molar-refractivity contribution in [1.29, 1.82) is 0 Å². The average Bonchev–Trinajstić information content (AvgIpc) is 3.08. The van der Waals surface area contributed by atoms with Crippen LogP contribution in [0, 0.1) is 22.7 Å². The van der Waals surface area contributed by atoms with E-state index >= 15 is 0 Å².